The molecule has 82 valence electrons. The van der Waals surface area contributed by atoms with E-state index in [-0.39, 0.29) is 0 Å². The highest BCUT2D eigenvalue weighted by Crippen LogP contribution is 2.16. The van der Waals surface area contributed by atoms with E-state index in [4.69, 9.17) is 0 Å². The molecule has 0 radical (unpaired) electrons. The van der Waals surface area contributed by atoms with Crippen LogP contribution in [-0.2, 0) is 5.75 Å². The average Bonchev–Trinajstić information content (AvgIpc) is 2.95. The molecule has 1 aromatic carbocycles. The molecule has 0 amide bonds. The number of nitrogens with one attached hydrogen (secondary N) is 2. The highest BCUT2D eigenvalue weighted by molar-refractivity contribution is 8.13. The minimum atomic E-state index is 0.834. The zero-order valence-electron chi connectivity index (χ0n) is 8.73. The van der Waals surface area contributed by atoms with E-state index in [1.807, 2.05) is 24.3 Å². The Morgan fingerprint density at radius 3 is 3.06 bits per heavy atom. The van der Waals surface area contributed by atoms with Crippen molar-refractivity contribution in [2.75, 3.05) is 13.1 Å². The SMILES string of the molecule is c1ccc2[nH]c(CSC3=NCCN3)nc2c1. The number of hydrogen-bond donors (Lipinski definition) is 2. The Balaban J connectivity index is 1.74. The third-order valence-corrected chi connectivity index (χ3v) is 3.39. The van der Waals surface area contributed by atoms with E-state index < -0.39 is 0 Å². The highest BCUT2D eigenvalue weighted by Gasteiger charge is 2.07. The fourth-order valence-electron chi connectivity index (χ4n) is 1.68. The number of hydrogen-bond acceptors (Lipinski definition) is 4. The van der Waals surface area contributed by atoms with Crippen molar-refractivity contribution in [2.45, 2.75) is 5.75 Å². The van der Waals surface area contributed by atoms with E-state index in [1.54, 1.807) is 11.8 Å². The van der Waals surface area contributed by atoms with Crippen LogP contribution >= 0.6 is 11.8 Å². The van der Waals surface area contributed by atoms with E-state index >= 15 is 0 Å². The Morgan fingerprint density at radius 2 is 2.25 bits per heavy atom. The first-order valence-electron chi connectivity index (χ1n) is 5.26. The molecular weight excluding hydrogens is 220 g/mol. The fraction of sp³-hybridized carbons (Fsp3) is 0.273. The van der Waals surface area contributed by atoms with Gasteiger partial charge in [-0.1, -0.05) is 23.9 Å². The van der Waals surface area contributed by atoms with Crippen LogP contribution in [0, 0.1) is 0 Å². The molecule has 5 heteroatoms. The predicted octanol–water partition coefficient (Wildman–Crippen LogP) is 1.76. The van der Waals surface area contributed by atoms with Gasteiger partial charge in [-0.15, -0.1) is 0 Å². The summed E-state index contributed by atoms with van der Waals surface area (Å²) in [6.45, 7) is 1.85. The molecule has 1 aromatic heterocycles. The van der Waals surface area contributed by atoms with Gasteiger partial charge in [0.2, 0.25) is 0 Å². The van der Waals surface area contributed by atoms with Crippen LogP contribution in [0.4, 0.5) is 0 Å². The van der Waals surface area contributed by atoms with Gasteiger partial charge in [0.25, 0.3) is 0 Å². The van der Waals surface area contributed by atoms with Crippen molar-refractivity contribution in [3.63, 3.8) is 0 Å². The molecule has 0 spiro atoms. The van der Waals surface area contributed by atoms with E-state index in [0.717, 1.165) is 40.9 Å². The van der Waals surface area contributed by atoms with E-state index in [2.05, 4.69) is 20.3 Å². The summed E-state index contributed by atoms with van der Waals surface area (Å²) in [7, 11) is 0. The molecule has 4 nitrogen and oxygen atoms in total. The van der Waals surface area contributed by atoms with Crippen molar-refractivity contribution >= 4 is 28.0 Å². The maximum atomic E-state index is 4.51. The van der Waals surface area contributed by atoms with Gasteiger partial charge >= 0.3 is 0 Å². The number of imidazole rings is 1. The van der Waals surface area contributed by atoms with Gasteiger partial charge in [-0.05, 0) is 12.1 Å². The summed E-state index contributed by atoms with van der Waals surface area (Å²) >= 11 is 1.70. The van der Waals surface area contributed by atoms with Gasteiger partial charge in [0.05, 0.1) is 23.3 Å². The van der Waals surface area contributed by atoms with Crippen LogP contribution in [0.25, 0.3) is 11.0 Å². The molecule has 3 rings (SSSR count). The quantitative estimate of drug-likeness (QED) is 0.829. The molecule has 0 bridgehead atoms. The number of amidine groups is 1. The first-order valence-corrected chi connectivity index (χ1v) is 6.25. The topological polar surface area (TPSA) is 53.1 Å². The van der Waals surface area contributed by atoms with Gasteiger partial charge in [0.15, 0.2) is 5.17 Å². The number of rotatable bonds is 2. The maximum Gasteiger partial charge on any atom is 0.157 e. The van der Waals surface area contributed by atoms with E-state index in [0.29, 0.717) is 0 Å². The third kappa shape index (κ3) is 1.90. The summed E-state index contributed by atoms with van der Waals surface area (Å²) in [6.07, 6.45) is 0. The van der Waals surface area contributed by atoms with Gasteiger partial charge in [0.1, 0.15) is 5.82 Å². The second-order valence-corrected chi connectivity index (χ2v) is 4.57. The summed E-state index contributed by atoms with van der Waals surface area (Å²) in [4.78, 5) is 12.2. The molecule has 0 unspecified atom stereocenters. The van der Waals surface area contributed by atoms with Crippen LogP contribution in [0.2, 0.25) is 0 Å². The first-order chi connectivity index (χ1) is 7.92. The van der Waals surface area contributed by atoms with E-state index in [9.17, 15) is 0 Å². The lowest BCUT2D eigenvalue weighted by Crippen LogP contribution is -2.15. The van der Waals surface area contributed by atoms with Gasteiger partial charge in [-0.25, -0.2) is 4.98 Å². The molecule has 2 aromatic rings. The molecular formula is C11H12N4S. The molecule has 0 aliphatic carbocycles. The number of aliphatic imine (C=N–C) groups is 1. The molecule has 0 fully saturated rings. The lowest BCUT2D eigenvalue weighted by molar-refractivity contribution is 0.963. The monoisotopic (exact) mass is 232 g/mol. The van der Waals surface area contributed by atoms with Crippen molar-refractivity contribution in [2.24, 2.45) is 4.99 Å². The normalized spacial score (nSPS) is 15.1. The van der Waals surface area contributed by atoms with Gasteiger partial charge in [-0.3, -0.25) is 4.99 Å². The molecule has 2 N–H and O–H groups in total. The molecule has 16 heavy (non-hydrogen) atoms. The summed E-state index contributed by atoms with van der Waals surface area (Å²) in [5.74, 6) is 1.84. The molecule has 2 heterocycles. The first kappa shape index (κ1) is 9.72. The zero-order valence-corrected chi connectivity index (χ0v) is 9.55. The fourth-order valence-corrected chi connectivity index (χ4v) is 2.48. The molecule has 1 aliphatic heterocycles. The Bertz CT molecular complexity index is 499. The number of benzene rings is 1. The van der Waals surface area contributed by atoms with Gasteiger partial charge in [-0.2, -0.15) is 0 Å². The zero-order chi connectivity index (χ0) is 10.8. The van der Waals surface area contributed by atoms with Crippen molar-refractivity contribution in [1.82, 2.24) is 15.3 Å². The third-order valence-electron chi connectivity index (χ3n) is 2.43. The van der Waals surface area contributed by atoms with Gasteiger partial charge in [0, 0.05) is 6.54 Å². The minimum absolute atomic E-state index is 0.834. The van der Waals surface area contributed by atoms with Crippen molar-refractivity contribution in [1.29, 1.82) is 0 Å². The summed E-state index contributed by atoms with van der Waals surface area (Å²) in [6, 6.07) is 8.08. The second-order valence-electron chi connectivity index (χ2n) is 3.60. The summed E-state index contributed by atoms with van der Waals surface area (Å²) in [5.41, 5.74) is 2.12. The van der Waals surface area contributed by atoms with Crippen LogP contribution in [-0.4, -0.2) is 28.2 Å². The molecule has 0 saturated heterocycles. The van der Waals surface area contributed by atoms with Crippen molar-refractivity contribution < 1.29 is 0 Å². The predicted molar refractivity (Wildman–Crippen MR) is 67.7 cm³/mol. The van der Waals surface area contributed by atoms with Gasteiger partial charge < -0.3 is 10.3 Å². The molecule has 0 atom stereocenters. The van der Waals surface area contributed by atoms with Crippen LogP contribution in [0.3, 0.4) is 0 Å². The smallest absolute Gasteiger partial charge is 0.157 e. The van der Waals surface area contributed by atoms with Crippen LogP contribution in [0.1, 0.15) is 5.82 Å². The number of aromatic nitrogens is 2. The lowest BCUT2D eigenvalue weighted by atomic mass is 10.3. The largest absolute Gasteiger partial charge is 0.363 e. The minimum Gasteiger partial charge on any atom is -0.363 e. The maximum absolute atomic E-state index is 4.51. The standard InChI is InChI=1S/C11H12N4S/c1-2-4-9-8(3-1)14-10(15-9)7-16-11-12-5-6-13-11/h1-4H,5-7H2,(H,12,13)(H,14,15). The number of nitrogens with zero attached hydrogens (tertiary/aromatic N) is 2. The Hall–Kier alpha value is -1.49. The Kier molecular flexibility index (Phi) is 2.53. The van der Waals surface area contributed by atoms with Crippen molar-refractivity contribution in [3.8, 4) is 0 Å². The van der Waals surface area contributed by atoms with Crippen LogP contribution < -0.4 is 5.32 Å². The van der Waals surface area contributed by atoms with Crippen LogP contribution in [0.15, 0.2) is 29.3 Å². The second kappa shape index (κ2) is 4.17. The molecule has 1 aliphatic rings. The number of H-pyrrole nitrogens is 1. The summed E-state index contributed by atoms with van der Waals surface area (Å²) in [5, 5.41) is 4.26. The number of fused-ring (bicyclic) bond motifs is 1. The summed E-state index contributed by atoms with van der Waals surface area (Å²) < 4.78 is 0. The van der Waals surface area contributed by atoms with E-state index in [1.165, 1.54) is 0 Å². The number of para-hydroxylation sites is 2. The number of aromatic amines is 1. The number of thioether (sulfide) groups is 1. The van der Waals surface area contributed by atoms with Crippen molar-refractivity contribution in [3.05, 3.63) is 30.1 Å². The average molecular weight is 232 g/mol. The molecule has 0 saturated carbocycles. The lowest BCUT2D eigenvalue weighted by Gasteiger charge is -1.98. The highest BCUT2D eigenvalue weighted by atomic mass is 32.2. The Labute approximate surface area is 97.6 Å². The Morgan fingerprint density at radius 1 is 1.31 bits per heavy atom. The van der Waals surface area contributed by atoms with Crippen LogP contribution in [0.5, 0.6) is 0 Å².